The van der Waals surface area contributed by atoms with Crippen molar-refractivity contribution in [3.8, 4) is 0 Å². The standard InChI is InChI=1S/C25H36N6O/c1-21(23-9-6-10-26-19-23)30-15-17-31(18-16-30)25(32)27-24(22-7-4-3-5-8-22)20-29-13-11-28(2)12-14-29/h3-10,19,21,24H,11-18,20H2,1-2H3,(H,27,32). The quantitative estimate of drug-likeness (QED) is 0.754. The van der Waals surface area contributed by atoms with Crippen LogP contribution in [0.3, 0.4) is 0 Å². The van der Waals surface area contributed by atoms with Crippen LogP contribution >= 0.6 is 0 Å². The minimum absolute atomic E-state index is 0.000507. The summed E-state index contributed by atoms with van der Waals surface area (Å²) in [5.74, 6) is 0. The third kappa shape index (κ3) is 5.85. The zero-order chi connectivity index (χ0) is 22.3. The van der Waals surface area contributed by atoms with E-state index >= 15 is 0 Å². The second kappa shape index (κ2) is 10.9. The summed E-state index contributed by atoms with van der Waals surface area (Å²) in [5, 5.41) is 3.34. The van der Waals surface area contributed by atoms with Gasteiger partial charge in [0.15, 0.2) is 0 Å². The largest absolute Gasteiger partial charge is 0.330 e. The molecule has 2 aliphatic heterocycles. The number of piperazine rings is 2. The smallest absolute Gasteiger partial charge is 0.318 e. The van der Waals surface area contributed by atoms with Crippen molar-refractivity contribution in [2.75, 3.05) is 66.0 Å². The van der Waals surface area contributed by atoms with Gasteiger partial charge in [-0.25, -0.2) is 4.79 Å². The Balaban J connectivity index is 1.34. The van der Waals surface area contributed by atoms with Gasteiger partial charge in [0, 0.05) is 77.3 Å². The second-order valence-corrected chi connectivity index (χ2v) is 9.00. The Labute approximate surface area is 192 Å². The lowest BCUT2D eigenvalue weighted by Gasteiger charge is -2.39. The molecule has 2 atom stereocenters. The van der Waals surface area contributed by atoms with Crippen molar-refractivity contribution in [3.05, 3.63) is 66.0 Å². The van der Waals surface area contributed by atoms with Crippen LogP contribution < -0.4 is 5.32 Å². The van der Waals surface area contributed by atoms with E-state index in [1.807, 2.05) is 29.4 Å². The summed E-state index contributed by atoms with van der Waals surface area (Å²) in [6.45, 7) is 10.5. The fourth-order valence-corrected chi connectivity index (χ4v) is 4.59. The number of carbonyl (C=O) groups is 1. The third-order valence-electron chi connectivity index (χ3n) is 6.85. The molecule has 2 aromatic rings. The van der Waals surface area contributed by atoms with E-state index in [4.69, 9.17) is 0 Å². The first kappa shape index (κ1) is 22.7. The molecule has 0 saturated carbocycles. The Hall–Kier alpha value is -2.48. The topological polar surface area (TPSA) is 55.0 Å². The molecule has 2 fully saturated rings. The molecular weight excluding hydrogens is 400 g/mol. The third-order valence-corrected chi connectivity index (χ3v) is 6.85. The van der Waals surface area contributed by atoms with E-state index < -0.39 is 0 Å². The number of hydrogen-bond donors (Lipinski definition) is 1. The van der Waals surface area contributed by atoms with Gasteiger partial charge in [0.1, 0.15) is 0 Å². The Kier molecular flexibility index (Phi) is 7.73. The molecule has 0 aliphatic carbocycles. The van der Waals surface area contributed by atoms with Crippen molar-refractivity contribution in [2.24, 2.45) is 0 Å². The van der Waals surface area contributed by atoms with E-state index in [0.29, 0.717) is 6.04 Å². The number of nitrogens with zero attached hydrogens (tertiary/aromatic N) is 5. The maximum absolute atomic E-state index is 13.2. The fourth-order valence-electron chi connectivity index (χ4n) is 4.59. The van der Waals surface area contributed by atoms with E-state index in [1.165, 1.54) is 11.1 Å². The number of nitrogens with one attached hydrogen (secondary N) is 1. The molecule has 1 aromatic carbocycles. The van der Waals surface area contributed by atoms with E-state index in [9.17, 15) is 4.79 Å². The minimum atomic E-state index is -0.000507. The van der Waals surface area contributed by atoms with E-state index in [-0.39, 0.29) is 12.1 Å². The lowest BCUT2D eigenvalue weighted by molar-refractivity contribution is 0.108. The van der Waals surface area contributed by atoms with Gasteiger partial charge in [0.05, 0.1) is 6.04 Å². The number of carbonyl (C=O) groups excluding carboxylic acids is 1. The van der Waals surface area contributed by atoms with Crippen LogP contribution in [0.25, 0.3) is 0 Å². The van der Waals surface area contributed by atoms with Gasteiger partial charge >= 0.3 is 6.03 Å². The van der Waals surface area contributed by atoms with Crippen molar-refractivity contribution in [1.82, 2.24) is 29.9 Å². The summed E-state index contributed by atoms with van der Waals surface area (Å²) in [5.41, 5.74) is 2.39. The first-order valence-corrected chi connectivity index (χ1v) is 11.8. The highest BCUT2D eigenvalue weighted by Gasteiger charge is 2.27. The molecule has 2 saturated heterocycles. The lowest BCUT2D eigenvalue weighted by atomic mass is 10.1. The van der Waals surface area contributed by atoms with Gasteiger partial charge in [0.25, 0.3) is 0 Å². The Morgan fingerprint density at radius 3 is 2.28 bits per heavy atom. The average molecular weight is 437 g/mol. The minimum Gasteiger partial charge on any atom is -0.330 e. The van der Waals surface area contributed by atoms with Gasteiger partial charge in [-0.05, 0) is 31.2 Å². The van der Waals surface area contributed by atoms with E-state index in [2.05, 4.69) is 69.3 Å². The molecule has 0 spiro atoms. The van der Waals surface area contributed by atoms with Crippen molar-refractivity contribution in [2.45, 2.75) is 19.0 Å². The number of rotatable bonds is 6. The number of urea groups is 1. The average Bonchev–Trinajstić information content (AvgIpc) is 2.85. The molecule has 32 heavy (non-hydrogen) atoms. The molecule has 4 rings (SSSR count). The summed E-state index contributed by atoms with van der Waals surface area (Å²) < 4.78 is 0. The molecule has 172 valence electrons. The van der Waals surface area contributed by atoms with Crippen molar-refractivity contribution in [1.29, 1.82) is 0 Å². The Bertz CT molecular complexity index is 832. The molecule has 3 heterocycles. The summed E-state index contributed by atoms with van der Waals surface area (Å²) >= 11 is 0. The van der Waals surface area contributed by atoms with Crippen LogP contribution in [-0.4, -0.2) is 96.6 Å². The number of aromatic nitrogens is 1. The number of likely N-dealkylation sites (N-methyl/N-ethyl adjacent to an activating group) is 1. The SMILES string of the molecule is CC(c1cccnc1)N1CCN(C(=O)NC(CN2CCN(C)CC2)c2ccccc2)CC1. The van der Waals surface area contributed by atoms with Gasteiger partial charge < -0.3 is 15.1 Å². The van der Waals surface area contributed by atoms with Gasteiger partial charge in [-0.2, -0.15) is 0 Å². The van der Waals surface area contributed by atoms with Crippen LogP contribution in [0.1, 0.15) is 30.1 Å². The van der Waals surface area contributed by atoms with Crippen LogP contribution in [0.2, 0.25) is 0 Å². The summed E-state index contributed by atoms with van der Waals surface area (Å²) in [6, 6.07) is 14.8. The van der Waals surface area contributed by atoms with Crippen LogP contribution in [0, 0.1) is 0 Å². The highest BCUT2D eigenvalue weighted by molar-refractivity contribution is 5.75. The lowest BCUT2D eigenvalue weighted by Crippen LogP contribution is -2.54. The molecule has 2 aliphatic rings. The Morgan fingerprint density at radius 1 is 0.938 bits per heavy atom. The van der Waals surface area contributed by atoms with E-state index in [0.717, 1.165) is 58.9 Å². The molecule has 7 heteroatoms. The molecule has 7 nitrogen and oxygen atoms in total. The molecular formula is C25H36N6O. The number of pyridine rings is 1. The maximum Gasteiger partial charge on any atom is 0.318 e. The summed E-state index contributed by atoms with van der Waals surface area (Å²) in [7, 11) is 2.17. The highest BCUT2D eigenvalue weighted by Crippen LogP contribution is 2.21. The first-order valence-electron chi connectivity index (χ1n) is 11.8. The molecule has 0 bridgehead atoms. The molecule has 2 amide bonds. The van der Waals surface area contributed by atoms with Crippen LogP contribution in [0.15, 0.2) is 54.9 Å². The van der Waals surface area contributed by atoms with Gasteiger partial charge in [-0.1, -0.05) is 36.4 Å². The number of benzene rings is 1. The predicted molar refractivity (Wildman–Crippen MR) is 127 cm³/mol. The van der Waals surface area contributed by atoms with Crippen molar-refractivity contribution in [3.63, 3.8) is 0 Å². The maximum atomic E-state index is 13.2. The first-order chi connectivity index (χ1) is 15.6. The van der Waals surface area contributed by atoms with Gasteiger partial charge in [0.2, 0.25) is 0 Å². The summed E-state index contributed by atoms with van der Waals surface area (Å²) in [6.07, 6.45) is 3.75. The molecule has 2 unspecified atom stereocenters. The number of hydrogen-bond acceptors (Lipinski definition) is 5. The van der Waals surface area contributed by atoms with Crippen LogP contribution in [-0.2, 0) is 0 Å². The fraction of sp³-hybridized carbons (Fsp3) is 0.520. The number of amides is 2. The normalized spacial score (nSPS) is 20.6. The molecule has 1 N–H and O–H groups in total. The monoisotopic (exact) mass is 436 g/mol. The second-order valence-electron chi connectivity index (χ2n) is 9.00. The van der Waals surface area contributed by atoms with Crippen molar-refractivity contribution < 1.29 is 4.79 Å². The van der Waals surface area contributed by atoms with Gasteiger partial charge in [-0.3, -0.25) is 14.8 Å². The molecule has 1 aromatic heterocycles. The van der Waals surface area contributed by atoms with E-state index in [1.54, 1.807) is 0 Å². The zero-order valence-corrected chi connectivity index (χ0v) is 19.4. The predicted octanol–water partition coefficient (Wildman–Crippen LogP) is 2.46. The van der Waals surface area contributed by atoms with Crippen LogP contribution in [0.5, 0.6) is 0 Å². The zero-order valence-electron chi connectivity index (χ0n) is 19.4. The summed E-state index contributed by atoms with van der Waals surface area (Å²) in [4.78, 5) is 26.6. The molecule has 0 radical (unpaired) electrons. The van der Waals surface area contributed by atoms with Gasteiger partial charge in [-0.15, -0.1) is 0 Å². The Morgan fingerprint density at radius 2 is 1.62 bits per heavy atom. The highest BCUT2D eigenvalue weighted by atomic mass is 16.2. The van der Waals surface area contributed by atoms with Crippen LogP contribution in [0.4, 0.5) is 4.79 Å². The van der Waals surface area contributed by atoms with Crippen molar-refractivity contribution >= 4 is 6.03 Å².